The van der Waals surface area contributed by atoms with Gasteiger partial charge in [-0.1, -0.05) is 30.3 Å². The van der Waals surface area contributed by atoms with Crippen molar-refractivity contribution in [2.75, 3.05) is 0 Å². The van der Waals surface area contributed by atoms with E-state index in [-0.39, 0.29) is 5.78 Å². The number of rotatable bonds is 3. The Morgan fingerprint density at radius 2 is 1.86 bits per heavy atom. The van der Waals surface area contributed by atoms with Crippen molar-refractivity contribution >= 4 is 11.9 Å². The molecule has 74 valence electrons. The van der Waals surface area contributed by atoms with E-state index in [1.165, 1.54) is 6.92 Å². The highest BCUT2D eigenvalue weighted by Gasteiger charge is 2.15. The molecule has 0 unspecified atom stereocenters. The summed E-state index contributed by atoms with van der Waals surface area (Å²) in [5.41, 5.74) is 0.508. The Morgan fingerprint density at radius 3 is 2.36 bits per heavy atom. The minimum Gasteiger partial charge on any atom is -0.465 e. The maximum absolute atomic E-state index is 11.6. The van der Waals surface area contributed by atoms with Gasteiger partial charge in [0.25, 0.3) is 0 Å². The lowest BCUT2D eigenvalue weighted by molar-refractivity contribution is 0.0945. The van der Waals surface area contributed by atoms with E-state index in [2.05, 4.69) is 5.32 Å². The molecule has 0 radical (unpaired) electrons. The molecule has 0 saturated heterocycles. The molecule has 1 atom stereocenters. The van der Waals surface area contributed by atoms with Crippen molar-refractivity contribution in [1.82, 2.24) is 5.32 Å². The standard InChI is InChI=1S/C10H11NO3/c1-7(11-10(13)14)9(12)8-5-3-2-4-6-8/h2-7,11H,1H3,(H,13,14)/t7-/m0/s1. The van der Waals surface area contributed by atoms with Gasteiger partial charge >= 0.3 is 6.09 Å². The molecule has 1 aromatic rings. The minimum absolute atomic E-state index is 0.229. The molecular formula is C10H11NO3. The van der Waals surface area contributed by atoms with Crippen molar-refractivity contribution in [3.63, 3.8) is 0 Å². The van der Waals surface area contributed by atoms with Crippen LogP contribution >= 0.6 is 0 Å². The van der Waals surface area contributed by atoms with Gasteiger partial charge in [-0.15, -0.1) is 0 Å². The maximum Gasteiger partial charge on any atom is 0.405 e. The zero-order valence-corrected chi connectivity index (χ0v) is 7.73. The van der Waals surface area contributed by atoms with Crippen LogP contribution in [0.15, 0.2) is 30.3 Å². The third-order valence-corrected chi connectivity index (χ3v) is 1.79. The SMILES string of the molecule is C[C@H](NC(=O)O)C(=O)c1ccccc1. The van der Waals surface area contributed by atoms with E-state index in [0.29, 0.717) is 5.56 Å². The number of amides is 1. The van der Waals surface area contributed by atoms with Crippen LogP contribution in [0, 0.1) is 0 Å². The van der Waals surface area contributed by atoms with Crippen LogP contribution in [-0.4, -0.2) is 23.0 Å². The van der Waals surface area contributed by atoms with E-state index in [1.807, 2.05) is 0 Å². The number of hydrogen-bond donors (Lipinski definition) is 2. The second-order valence-electron chi connectivity index (χ2n) is 2.90. The molecule has 0 spiro atoms. The molecule has 0 saturated carbocycles. The Labute approximate surface area is 81.6 Å². The Balaban J connectivity index is 2.71. The smallest absolute Gasteiger partial charge is 0.405 e. The third kappa shape index (κ3) is 2.58. The highest BCUT2D eigenvalue weighted by Crippen LogP contribution is 2.02. The molecule has 0 bridgehead atoms. The van der Waals surface area contributed by atoms with Crippen LogP contribution in [0.2, 0.25) is 0 Å². The lowest BCUT2D eigenvalue weighted by Gasteiger charge is -2.09. The van der Waals surface area contributed by atoms with E-state index in [0.717, 1.165) is 0 Å². The van der Waals surface area contributed by atoms with Crippen LogP contribution in [0.25, 0.3) is 0 Å². The molecule has 0 aliphatic heterocycles. The van der Waals surface area contributed by atoms with Gasteiger partial charge in [0.1, 0.15) is 0 Å². The number of carbonyl (C=O) groups is 2. The number of carbonyl (C=O) groups excluding carboxylic acids is 1. The summed E-state index contributed by atoms with van der Waals surface area (Å²) in [6.45, 7) is 1.52. The summed E-state index contributed by atoms with van der Waals surface area (Å²) in [5, 5.41) is 10.5. The first-order chi connectivity index (χ1) is 6.61. The van der Waals surface area contributed by atoms with Gasteiger partial charge in [-0.25, -0.2) is 4.79 Å². The summed E-state index contributed by atoms with van der Waals surface area (Å²) in [4.78, 5) is 21.8. The second kappa shape index (κ2) is 4.41. The lowest BCUT2D eigenvalue weighted by atomic mass is 10.1. The summed E-state index contributed by atoms with van der Waals surface area (Å²) in [6, 6.07) is 7.87. The Kier molecular flexibility index (Phi) is 3.23. The summed E-state index contributed by atoms with van der Waals surface area (Å²) < 4.78 is 0. The third-order valence-electron chi connectivity index (χ3n) is 1.79. The van der Waals surface area contributed by atoms with Crippen LogP contribution in [-0.2, 0) is 0 Å². The molecule has 0 aliphatic carbocycles. The zero-order chi connectivity index (χ0) is 10.6. The average Bonchev–Trinajstić information content (AvgIpc) is 2.17. The summed E-state index contributed by atoms with van der Waals surface area (Å²) in [5.74, 6) is -0.229. The number of benzene rings is 1. The van der Waals surface area contributed by atoms with Crippen LogP contribution in [0.3, 0.4) is 0 Å². The highest BCUT2D eigenvalue weighted by molar-refractivity contribution is 6.01. The fraction of sp³-hybridized carbons (Fsp3) is 0.200. The average molecular weight is 193 g/mol. The van der Waals surface area contributed by atoms with Crippen molar-refractivity contribution in [3.05, 3.63) is 35.9 Å². The molecule has 14 heavy (non-hydrogen) atoms. The van der Waals surface area contributed by atoms with Crippen molar-refractivity contribution in [3.8, 4) is 0 Å². The highest BCUT2D eigenvalue weighted by atomic mass is 16.4. The number of carboxylic acid groups (broad SMARTS) is 1. The predicted octanol–water partition coefficient (Wildman–Crippen LogP) is 1.53. The molecule has 0 heterocycles. The van der Waals surface area contributed by atoms with Gasteiger partial charge in [0.05, 0.1) is 6.04 Å². The number of hydrogen-bond acceptors (Lipinski definition) is 2. The van der Waals surface area contributed by atoms with E-state index < -0.39 is 12.1 Å². The molecule has 0 fully saturated rings. The summed E-state index contributed by atoms with van der Waals surface area (Å²) >= 11 is 0. The van der Waals surface area contributed by atoms with Crippen LogP contribution in [0.1, 0.15) is 17.3 Å². The molecule has 1 amide bonds. The number of Topliss-reactive ketones (excluding diaryl/α,β-unsaturated/α-hetero) is 1. The topological polar surface area (TPSA) is 66.4 Å². The second-order valence-corrected chi connectivity index (χ2v) is 2.90. The molecular weight excluding hydrogens is 182 g/mol. The van der Waals surface area contributed by atoms with Crippen molar-refractivity contribution in [2.24, 2.45) is 0 Å². The van der Waals surface area contributed by atoms with Gasteiger partial charge in [-0.05, 0) is 6.92 Å². The van der Waals surface area contributed by atoms with E-state index in [1.54, 1.807) is 30.3 Å². The summed E-state index contributed by atoms with van der Waals surface area (Å²) in [6.07, 6.45) is -1.19. The van der Waals surface area contributed by atoms with Gasteiger partial charge in [-0.3, -0.25) is 4.79 Å². The van der Waals surface area contributed by atoms with E-state index in [9.17, 15) is 9.59 Å². The Bertz CT molecular complexity index is 334. The van der Waals surface area contributed by atoms with E-state index >= 15 is 0 Å². The Morgan fingerprint density at radius 1 is 1.29 bits per heavy atom. The van der Waals surface area contributed by atoms with E-state index in [4.69, 9.17) is 5.11 Å². The first-order valence-electron chi connectivity index (χ1n) is 4.20. The van der Waals surface area contributed by atoms with Gasteiger partial charge < -0.3 is 10.4 Å². The molecule has 1 aromatic carbocycles. The molecule has 1 rings (SSSR count). The van der Waals surface area contributed by atoms with Gasteiger partial charge in [0.2, 0.25) is 0 Å². The summed E-state index contributed by atoms with van der Waals surface area (Å²) in [7, 11) is 0. The van der Waals surface area contributed by atoms with Crippen molar-refractivity contribution < 1.29 is 14.7 Å². The number of ketones is 1. The normalized spacial score (nSPS) is 11.8. The quantitative estimate of drug-likeness (QED) is 0.715. The first-order valence-corrected chi connectivity index (χ1v) is 4.20. The zero-order valence-electron chi connectivity index (χ0n) is 7.73. The van der Waals surface area contributed by atoms with Crippen molar-refractivity contribution in [2.45, 2.75) is 13.0 Å². The first kappa shape index (κ1) is 10.2. The molecule has 4 heteroatoms. The molecule has 0 aliphatic rings. The van der Waals surface area contributed by atoms with Gasteiger partial charge in [0, 0.05) is 5.56 Å². The maximum atomic E-state index is 11.6. The van der Waals surface area contributed by atoms with Crippen molar-refractivity contribution in [1.29, 1.82) is 0 Å². The molecule has 2 N–H and O–H groups in total. The van der Waals surface area contributed by atoms with Crippen LogP contribution in [0.5, 0.6) is 0 Å². The monoisotopic (exact) mass is 193 g/mol. The lowest BCUT2D eigenvalue weighted by Crippen LogP contribution is -2.37. The predicted molar refractivity (Wildman–Crippen MR) is 51.4 cm³/mol. The van der Waals surface area contributed by atoms with Crippen LogP contribution in [0.4, 0.5) is 4.79 Å². The largest absolute Gasteiger partial charge is 0.465 e. The number of nitrogens with one attached hydrogen (secondary N) is 1. The molecule has 0 aromatic heterocycles. The fourth-order valence-corrected chi connectivity index (χ4v) is 1.10. The molecule has 4 nitrogen and oxygen atoms in total. The van der Waals surface area contributed by atoms with Crippen LogP contribution < -0.4 is 5.32 Å². The fourth-order valence-electron chi connectivity index (χ4n) is 1.10. The van der Waals surface area contributed by atoms with Gasteiger partial charge in [-0.2, -0.15) is 0 Å². The Hall–Kier alpha value is -1.84. The minimum atomic E-state index is -1.19. The van der Waals surface area contributed by atoms with Gasteiger partial charge in [0.15, 0.2) is 5.78 Å².